The van der Waals surface area contributed by atoms with Crippen molar-refractivity contribution >= 4 is 5.97 Å². The summed E-state index contributed by atoms with van der Waals surface area (Å²) in [6.45, 7) is 5.20. The van der Waals surface area contributed by atoms with Crippen molar-refractivity contribution in [2.45, 2.75) is 45.5 Å². The van der Waals surface area contributed by atoms with Gasteiger partial charge < -0.3 is 14.2 Å². The fraction of sp³-hybridized carbons (Fsp3) is 0.812. The summed E-state index contributed by atoms with van der Waals surface area (Å²) in [6, 6.07) is 0. The van der Waals surface area contributed by atoms with Crippen molar-refractivity contribution in [3.63, 3.8) is 0 Å². The van der Waals surface area contributed by atoms with Gasteiger partial charge in [-0.15, -0.1) is 0 Å². The fourth-order valence-corrected chi connectivity index (χ4v) is 3.71. The van der Waals surface area contributed by atoms with E-state index in [-0.39, 0.29) is 30.2 Å². The number of carbonyl (C=O) groups excluding carboxylic acids is 1. The second-order valence-electron chi connectivity index (χ2n) is 6.40. The number of hydrogen-bond donors (Lipinski definition) is 0. The van der Waals surface area contributed by atoms with Crippen molar-refractivity contribution in [1.29, 1.82) is 0 Å². The van der Waals surface area contributed by atoms with Crippen molar-refractivity contribution in [3.8, 4) is 0 Å². The van der Waals surface area contributed by atoms with Crippen LogP contribution in [0.4, 0.5) is 0 Å². The summed E-state index contributed by atoms with van der Waals surface area (Å²) in [7, 11) is 0. The van der Waals surface area contributed by atoms with E-state index in [4.69, 9.17) is 14.2 Å². The molecule has 4 heteroatoms. The van der Waals surface area contributed by atoms with Gasteiger partial charge in [0.25, 0.3) is 0 Å². The minimum atomic E-state index is -0.0696. The lowest BCUT2D eigenvalue weighted by Gasteiger charge is -2.28. The molecule has 5 atom stereocenters. The summed E-state index contributed by atoms with van der Waals surface area (Å²) in [5, 5.41) is 0. The van der Waals surface area contributed by atoms with Gasteiger partial charge in [0.15, 0.2) is 6.29 Å². The van der Waals surface area contributed by atoms with Gasteiger partial charge in [-0.05, 0) is 38.5 Å². The van der Waals surface area contributed by atoms with Crippen molar-refractivity contribution in [3.05, 3.63) is 12.2 Å². The van der Waals surface area contributed by atoms with E-state index in [1.165, 1.54) is 0 Å². The third kappa shape index (κ3) is 2.77. The maximum Gasteiger partial charge on any atom is 0.310 e. The third-order valence-electron chi connectivity index (χ3n) is 4.61. The largest absolute Gasteiger partial charge is 0.463 e. The Kier molecular flexibility index (Phi) is 4.13. The first-order valence-corrected chi connectivity index (χ1v) is 7.77. The molecular weight excluding hydrogens is 256 g/mol. The van der Waals surface area contributed by atoms with Crippen LogP contribution in [0.5, 0.6) is 0 Å². The Balaban J connectivity index is 1.61. The van der Waals surface area contributed by atoms with E-state index in [2.05, 4.69) is 12.2 Å². The van der Waals surface area contributed by atoms with E-state index >= 15 is 0 Å². The quantitative estimate of drug-likeness (QED) is 0.573. The molecule has 112 valence electrons. The van der Waals surface area contributed by atoms with E-state index in [1.54, 1.807) is 0 Å². The highest BCUT2D eigenvalue weighted by Crippen LogP contribution is 2.48. The summed E-state index contributed by atoms with van der Waals surface area (Å²) in [5.74, 6) is 0.961. The van der Waals surface area contributed by atoms with Gasteiger partial charge in [-0.2, -0.15) is 0 Å². The van der Waals surface area contributed by atoms with Gasteiger partial charge in [-0.1, -0.05) is 12.2 Å². The second-order valence-corrected chi connectivity index (χ2v) is 6.40. The lowest BCUT2D eigenvalue weighted by atomic mass is 9.83. The molecule has 0 radical (unpaired) electrons. The number of hydrogen-bond acceptors (Lipinski definition) is 4. The van der Waals surface area contributed by atoms with Gasteiger partial charge in [-0.3, -0.25) is 4.79 Å². The topological polar surface area (TPSA) is 44.8 Å². The maximum atomic E-state index is 12.3. The van der Waals surface area contributed by atoms with Crippen LogP contribution in [0.2, 0.25) is 0 Å². The number of ether oxygens (including phenoxy) is 3. The van der Waals surface area contributed by atoms with Crippen LogP contribution in [0.3, 0.4) is 0 Å². The van der Waals surface area contributed by atoms with E-state index in [0.29, 0.717) is 18.4 Å². The Morgan fingerprint density at radius 3 is 2.85 bits per heavy atom. The molecule has 0 aromatic heterocycles. The zero-order valence-electron chi connectivity index (χ0n) is 12.3. The van der Waals surface area contributed by atoms with Crippen LogP contribution in [0.1, 0.15) is 33.1 Å². The lowest BCUT2D eigenvalue weighted by molar-refractivity contribution is -0.160. The summed E-state index contributed by atoms with van der Waals surface area (Å²) in [5.41, 5.74) is 0. The van der Waals surface area contributed by atoms with Crippen LogP contribution in [-0.4, -0.2) is 31.6 Å². The molecule has 4 nitrogen and oxygen atoms in total. The molecule has 20 heavy (non-hydrogen) atoms. The molecule has 1 saturated heterocycles. The fourth-order valence-electron chi connectivity index (χ4n) is 3.71. The number of allylic oxidation sites excluding steroid dienone is 2. The minimum Gasteiger partial charge on any atom is -0.463 e. The highest BCUT2D eigenvalue weighted by atomic mass is 16.7. The first-order valence-electron chi connectivity index (χ1n) is 7.77. The predicted octanol–water partition coefficient (Wildman–Crippen LogP) is 2.53. The molecule has 0 spiro atoms. The Labute approximate surface area is 120 Å². The lowest BCUT2D eigenvalue weighted by Crippen LogP contribution is -2.34. The zero-order chi connectivity index (χ0) is 14.1. The van der Waals surface area contributed by atoms with E-state index in [0.717, 1.165) is 25.9 Å². The molecular formula is C16H24O4. The standard InChI is InChI=1S/C16H24O4/c1-10(2)20-16(17)15-12-6-5-11(8-12)13(15)9-19-14-4-3-7-18-14/h5-6,10-15H,3-4,7-9H2,1-2H3. The Bertz CT molecular complexity index is 384. The molecule has 3 aliphatic rings. The van der Waals surface area contributed by atoms with Gasteiger partial charge >= 0.3 is 5.97 Å². The molecule has 1 heterocycles. The summed E-state index contributed by atoms with van der Waals surface area (Å²) in [4.78, 5) is 12.3. The van der Waals surface area contributed by atoms with Crippen molar-refractivity contribution in [2.24, 2.45) is 23.7 Å². The molecule has 2 fully saturated rings. The second kappa shape index (κ2) is 5.86. The van der Waals surface area contributed by atoms with E-state index < -0.39 is 0 Å². The van der Waals surface area contributed by atoms with Crippen molar-refractivity contribution in [2.75, 3.05) is 13.2 Å². The summed E-state index contributed by atoms with van der Waals surface area (Å²) >= 11 is 0. The number of rotatable bonds is 5. The molecule has 5 unspecified atom stereocenters. The van der Waals surface area contributed by atoms with Crippen molar-refractivity contribution in [1.82, 2.24) is 0 Å². The first kappa shape index (κ1) is 14.1. The first-order chi connectivity index (χ1) is 9.65. The zero-order valence-corrected chi connectivity index (χ0v) is 12.3. The molecule has 0 amide bonds. The Morgan fingerprint density at radius 2 is 2.15 bits per heavy atom. The van der Waals surface area contributed by atoms with E-state index in [9.17, 15) is 4.79 Å². The molecule has 1 aliphatic heterocycles. The Hall–Kier alpha value is -0.870. The summed E-state index contributed by atoms with van der Waals surface area (Å²) < 4.78 is 16.8. The van der Waals surface area contributed by atoms with Crippen LogP contribution < -0.4 is 0 Å². The average Bonchev–Trinajstić information content (AvgIpc) is 3.11. The smallest absolute Gasteiger partial charge is 0.310 e. The van der Waals surface area contributed by atoms with Crippen LogP contribution in [0, 0.1) is 23.7 Å². The number of fused-ring (bicyclic) bond motifs is 2. The van der Waals surface area contributed by atoms with Crippen LogP contribution in [0.25, 0.3) is 0 Å². The predicted molar refractivity (Wildman–Crippen MR) is 73.9 cm³/mol. The minimum absolute atomic E-state index is 0.0335. The van der Waals surface area contributed by atoms with Gasteiger partial charge in [0.1, 0.15) is 0 Å². The summed E-state index contributed by atoms with van der Waals surface area (Å²) in [6.07, 6.45) is 7.41. The van der Waals surface area contributed by atoms with Crippen LogP contribution in [-0.2, 0) is 19.0 Å². The van der Waals surface area contributed by atoms with E-state index in [1.807, 2.05) is 13.8 Å². The van der Waals surface area contributed by atoms with Crippen molar-refractivity contribution < 1.29 is 19.0 Å². The van der Waals surface area contributed by atoms with Gasteiger partial charge in [0.2, 0.25) is 0 Å². The third-order valence-corrected chi connectivity index (χ3v) is 4.61. The highest BCUT2D eigenvalue weighted by Gasteiger charge is 2.49. The molecule has 2 aliphatic carbocycles. The molecule has 0 aromatic rings. The van der Waals surface area contributed by atoms with Gasteiger partial charge in [0.05, 0.1) is 18.6 Å². The SMILES string of the molecule is CC(C)OC(=O)C1C2C=CC(C2)C1COC1CCCO1. The van der Waals surface area contributed by atoms with Gasteiger partial charge in [-0.25, -0.2) is 0 Å². The molecule has 3 rings (SSSR count). The molecule has 1 saturated carbocycles. The molecule has 0 N–H and O–H groups in total. The highest BCUT2D eigenvalue weighted by molar-refractivity contribution is 5.74. The monoisotopic (exact) mass is 280 g/mol. The molecule has 0 aromatic carbocycles. The molecule has 2 bridgehead atoms. The Morgan fingerprint density at radius 1 is 1.35 bits per heavy atom. The number of esters is 1. The number of carbonyl (C=O) groups is 1. The average molecular weight is 280 g/mol. The van der Waals surface area contributed by atoms with Crippen LogP contribution in [0.15, 0.2) is 12.2 Å². The van der Waals surface area contributed by atoms with Crippen LogP contribution >= 0.6 is 0 Å². The normalized spacial score (nSPS) is 38.9. The van der Waals surface area contributed by atoms with Gasteiger partial charge in [0, 0.05) is 18.9 Å². The maximum absolute atomic E-state index is 12.3.